The third kappa shape index (κ3) is 4.37. The molecule has 0 saturated carbocycles. The molecule has 0 aliphatic heterocycles. The number of carbonyl (C=O) groups excluding carboxylic acids is 2. The largest absolute Gasteiger partial charge is 0.388 e. The molecule has 1 aromatic heterocycles. The van der Waals surface area contributed by atoms with Crippen molar-refractivity contribution in [1.29, 1.82) is 0 Å². The summed E-state index contributed by atoms with van der Waals surface area (Å²) in [5.74, 6) is -0.294. The number of aryl methyl sites for hydroxylation is 1. The fraction of sp³-hybridized carbons (Fsp3) is 0.400. The summed E-state index contributed by atoms with van der Waals surface area (Å²) in [7, 11) is 0. The van der Waals surface area contributed by atoms with Gasteiger partial charge in [-0.05, 0) is 44.7 Å². The molecule has 0 saturated heterocycles. The van der Waals surface area contributed by atoms with E-state index in [9.17, 15) is 14.7 Å². The van der Waals surface area contributed by atoms with Crippen LogP contribution in [-0.4, -0.2) is 27.8 Å². The molecule has 0 radical (unpaired) electrons. The topological polar surface area (TPSA) is 82.2 Å². The van der Waals surface area contributed by atoms with Crippen LogP contribution in [0.25, 0.3) is 0 Å². The molecule has 5 heteroatoms. The summed E-state index contributed by atoms with van der Waals surface area (Å²) in [5.41, 5.74) is 3.33. The van der Waals surface area contributed by atoms with Crippen molar-refractivity contribution in [3.8, 4) is 0 Å². The van der Waals surface area contributed by atoms with E-state index in [2.05, 4.69) is 10.3 Å². The van der Waals surface area contributed by atoms with E-state index in [0.29, 0.717) is 29.8 Å². The lowest BCUT2D eigenvalue weighted by atomic mass is 10.0. The fourth-order valence-electron chi connectivity index (χ4n) is 3.20. The number of aromatic nitrogens is 1. The van der Waals surface area contributed by atoms with E-state index < -0.39 is 6.10 Å². The van der Waals surface area contributed by atoms with Crippen LogP contribution in [0.2, 0.25) is 0 Å². The first-order chi connectivity index (χ1) is 11.8. The second-order valence-corrected chi connectivity index (χ2v) is 6.42. The van der Waals surface area contributed by atoms with Gasteiger partial charge in [-0.15, -0.1) is 0 Å². The summed E-state index contributed by atoms with van der Waals surface area (Å²) in [5, 5.41) is 13.2. The number of hydrogen-bond acceptors (Lipinski definition) is 3. The molecule has 0 bridgehead atoms. The third-order valence-corrected chi connectivity index (χ3v) is 4.36. The first kappa shape index (κ1) is 18.9. The van der Waals surface area contributed by atoms with E-state index >= 15 is 0 Å². The van der Waals surface area contributed by atoms with Gasteiger partial charge in [0.1, 0.15) is 5.69 Å². The minimum atomic E-state index is -0.639. The lowest BCUT2D eigenvalue weighted by molar-refractivity contribution is 0.0911. The number of rotatable bonds is 7. The Morgan fingerprint density at radius 2 is 1.88 bits per heavy atom. The van der Waals surface area contributed by atoms with Crippen molar-refractivity contribution < 1.29 is 14.7 Å². The molecule has 2 rings (SSSR count). The highest BCUT2D eigenvalue weighted by atomic mass is 16.3. The zero-order valence-electron chi connectivity index (χ0n) is 15.2. The van der Waals surface area contributed by atoms with Gasteiger partial charge in [-0.25, -0.2) is 0 Å². The number of H-pyrrole nitrogens is 1. The summed E-state index contributed by atoms with van der Waals surface area (Å²) in [6.45, 7) is 7.09. The third-order valence-electron chi connectivity index (χ3n) is 4.36. The van der Waals surface area contributed by atoms with Crippen LogP contribution in [0.4, 0.5) is 0 Å². The Balaban J connectivity index is 2.09. The van der Waals surface area contributed by atoms with Crippen LogP contribution in [-0.2, 0) is 6.42 Å². The van der Waals surface area contributed by atoms with Crippen LogP contribution in [0.3, 0.4) is 0 Å². The van der Waals surface area contributed by atoms with Crippen LogP contribution in [0.1, 0.15) is 71.0 Å². The molecule has 0 spiro atoms. The Kier molecular flexibility index (Phi) is 6.15. The van der Waals surface area contributed by atoms with E-state index in [1.807, 2.05) is 44.2 Å². The van der Waals surface area contributed by atoms with Gasteiger partial charge in [0.15, 0.2) is 5.78 Å². The van der Waals surface area contributed by atoms with Crippen LogP contribution in [0.15, 0.2) is 30.3 Å². The molecular formula is C20H26N2O3. The summed E-state index contributed by atoms with van der Waals surface area (Å²) < 4.78 is 0. The second-order valence-electron chi connectivity index (χ2n) is 6.42. The van der Waals surface area contributed by atoms with Crippen molar-refractivity contribution in [1.82, 2.24) is 10.3 Å². The zero-order valence-corrected chi connectivity index (χ0v) is 15.2. The molecule has 2 unspecified atom stereocenters. The maximum absolute atomic E-state index is 12.6. The number of ketones is 1. The SMILES string of the molecule is CCc1c(C(=O)NC(C)CC(O)c2ccccc2)[nH]c(C)c1C(C)=O. The number of carbonyl (C=O) groups is 2. The van der Waals surface area contributed by atoms with Crippen molar-refractivity contribution in [2.75, 3.05) is 0 Å². The van der Waals surface area contributed by atoms with Gasteiger partial charge in [-0.2, -0.15) is 0 Å². The van der Waals surface area contributed by atoms with Gasteiger partial charge in [0.05, 0.1) is 6.10 Å². The van der Waals surface area contributed by atoms with Crippen LogP contribution < -0.4 is 5.32 Å². The Morgan fingerprint density at radius 1 is 1.24 bits per heavy atom. The number of Topliss-reactive ketones (excluding diaryl/α,β-unsaturated/α-hetero) is 1. The van der Waals surface area contributed by atoms with Crippen molar-refractivity contribution in [3.63, 3.8) is 0 Å². The Morgan fingerprint density at radius 3 is 2.44 bits per heavy atom. The first-order valence-electron chi connectivity index (χ1n) is 8.61. The number of benzene rings is 1. The first-order valence-corrected chi connectivity index (χ1v) is 8.61. The van der Waals surface area contributed by atoms with E-state index in [4.69, 9.17) is 0 Å². The molecule has 5 nitrogen and oxygen atoms in total. The maximum atomic E-state index is 12.6. The monoisotopic (exact) mass is 342 g/mol. The minimum Gasteiger partial charge on any atom is -0.388 e. The molecule has 0 aliphatic rings. The highest BCUT2D eigenvalue weighted by molar-refractivity contribution is 6.02. The van der Waals surface area contributed by atoms with Gasteiger partial charge in [0.25, 0.3) is 5.91 Å². The van der Waals surface area contributed by atoms with Crippen LogP contribution in [0.5, 0.6) is 0 Å². The number of nitrogens with one attached hydrogen (secondary N) is 2. The van der Waals surface area contributed by atoms with E-state index in [0.717, 1.165) is 11.1 Å². The molecule has 0 fully saturated rings. The molecule has 25 heavy (non-hydrogen) atoms. The van der Waals surface area contributed by atoms with Crippen molar-refractivity contribution in [2.45, 2.75) is 52.7 Å². The highest BCUT2D eigenvalue weighted by Crippen LogP contribution is 2.21. The van der Waals surface area contributed by atoms with Gasteiger partial charge in [0.2, 0.25) is 0 Å². The Bertz CT molecular complexity index is 750. The smallest absolute Gasteiger partial charge is 0.268 e. The Hall–Kier alpha value is -2.40. The van der Waals surface area contributed by atoms with Crippen LogP contribution in [0, 0.1) is 6.92 Å². The minimum absolute atomic E-state index is 0.0443. The fourth-order valence-corrected chi connectivity index (χ4v) is 3.20. The van der Waals surface area contributed by atoms with Crippen molar-refractivity contribution >= 4 is 11.7 Å². The van der Waals surface area contributed by atoms with E-state index in [1.54, 1.807) is 6.92 Å². The molecule has 1 amide bonds. The molecular weight excluding hydrogens is 316 g/mol. The number of hydrogen-bond donors (Lipinski definition) is 3. The van der Waals surface area contributed by atoms with Crippen molar-refractivity contribution in [3.05, 3.63) is 58.4 Å². The molecule has 2 atom stereocenters. The molecule has 1 aromatic carbocycles. The number of aliphatic hydroxyl groups is 1. The van der Waals surface area contributed by atoms with Gasteiger partial charge in [-0.3, -0.25) is 9.59 Å². The van der Waals surface area contributed by atoms with Gasteiger partial charge >= 0.3 is 0 Å². The molecule has 2 aromatic rings. The van der Waals surface area contributed by atoms with Crippen LogP contribution >= 0.6 is 0 Å². The van der Waals surface area contributed by atoms with Gasteiger partial charge < -0.3 is 15.4 Å². The summed E-state index contributed by atoms with van der Waals surface area (Å²) >= 11 is 0. The summed E-state index contributed by atoms with van der Waals surface area (Å²) in [6, 6.07) is 9.16. The zero-order chi connectivity index (χ0) is 18.6. The predicted octanol–water partition coefficient (Wildman–Crippen LogP) is 3.33. The predicted molar refractivity (Wildman–Crippen MR) is 97.9 cm³/mol. The normalized spacial score (nSPS) is 13.3. The van der Waals surface area contributed by atoms with E-state index in [-0.39, 0.29) is 17.7 Å². The number of amides is 1. The highest BCUT2D eigenvalue weighted by Gasteiger charge is 2.23. The average Bonchev–Trinajstić information content (AvgIpc) is 2.92. The van der Waals surface area contributed by atoms with Gasteiger partial charge in [-0.1, -0.05) is 37.3 Å². The van der Waals surface area contributed by atoms with Gasteiger partial charge in [0, 0.05) is 17.3 Å². The van der Waals surface area contributed by atoms with E-state index in [1.165, 1.54) is 6.92 Å². The standard InChI is InChI=1S/C20H26N2O3/c1-5-16-18(14(4)23)13(3)22-19(16)20(25)21-12(2)11-17(24)15-9-7-6-8-10-15/h6-10,12,17,22,24H,5,11H2,1-4H3,(H,21,25). The summed E-state index contributed by atoms with van der Waals surface area (Å²) in [6.07, 6.45) is 0.375. The molecule has 3 N–H and O–H groups in total. The van der Waals surface area contributed by atoms with Crippen molar-refractivity contribution in [2.24, 2.45) is 0 Å². The molecule has 0 aliphatic carbocycles. The summed E-state index contributed by atoms with van der Waals surface area (Å²) in [4.78, 5) is 27.5. The lowest BCUT2D eigenvalue weighted by Gasteiger charge is -2.18. The number of aromatic amines is 1. The quantitative estimate of drug-likeness (QED) is 0.675. The Labute approximate surface area is 148 Å². The molecule has 1 heterocycles. The lowest BCUT2D eigenvalue weighted by Crippen LogP contribution is -2.34. The number of aliphatic hydroxyl groups excluding tert-OH is 1. The molecule has 134 valence electrons. The maximum Gasteiger partial charge on any atom is 0.268 e. The average molecular weight is 342 g/mol. The second kappa shape index (κ2) is 8.12.